The molecular weight excluding hydrogens is 550 g/mol. The number of rotatable bonds is 8. The lowest BCUT2D eigenvalue weighted by Gasteiger charge is -2.64. The molecule has 9 atom stereocenters. The smallest absolute Gasteiger partial charge is 0.339 e. The summed E-state index contributed by atoms with van der Waals surface area (Å²) in [5, 5.41) is 15.0. The first kappa shape index (κ1) is 29.0. The van der Waals surface area contributed by atoms with Gasteiger partial charge in [-0.2, -0.15) is 0 Å². The van der Waals surface area contributed by atoms with Gasteiger partial charge >= 0.3 is 5.97 Å². The van der Waals surface area contributed by atoms with Gasteiger partial charge in [-0.25, -0.2) is 4.79 Å². The molecule has 43 heavy (non-hydrogen) atoms. The number of esters is 1. The summed E-state index contributed by atoms with van der Waals surface area (Å²) >= 11 is 0. The van der Waals surface area contributed by atoms with Crippen LogP contribution in [-0.2, 0) is 30.3 Å². The van der Waals surface area contributed by atoms with Crippen LogP contribution in [0.4, 0.5) is 0 Å². The number of aliphatic hydroxyl groups is 1. The van der Waals surface area contributed by atoms with Crippen LogP contribution < -0.4 is 10.1 Å². The van der Waals surface area contributed by atoms with E-state index >= 15 is 0 Å². The number of benzene rings is 1. The van der Waals surface area contributed by atoms with Crippen molar-refractivity contribution in [3.8, 4) is 5.75 Å². The number of epoxide rings is 1. The fourth-order valence-corrected chi connectivity index (χ4v) is 10.3. The molecule has 2 N–H and O–H groups in total. The number of aliphatic hydroxyl groups excluding tert-OH is 1. The van der Waals surface area contributed by atoms with E-state index in [0.29, 0.717) is 32.4 Å². The van der Waals surface area contributed by atoms with Crippen LogP contribution >= 0.6 is 0 Å². The predicted octanol–water partition coefficient (Wildman–Crippen LogP) is 4.37. The summed E-state index contributed by atoms with van der Waals surface area (Å²) in [7, 11) is 1.66. The minimum absolute atomic E-state index is 0.0924. The minimum atomic E-state index is -1.02. The number of ether oxygens (including phenoxy) is 4. The fraction of sp³-hybridized carbons (Fsp3) is 0.647. The first-order chi connectivity index (χ1) is 20.5. The van der Waals surface area contributed by atoms with Crippen LogP contribution in [0.15, 0.2) is 47.3 Å². The molecular formula is C34H43NO8. The van der Waals surface area contributed by atoms with Crippen LogP contribution in [0.3, 0.4) is 0 Å². The van der Waals surface area contributed by atoms with Crippen molar-refractivity contribution in [2.45, 2.75) is 89.4 Å². The van der Waals surface area contributed by atoms with Crippen molar-refractivity contribution >= 4 is 11.8 Å². The summed E-state index contributed by atoms with van der Waals surface area (Å²) in [6.45, 7) is 9.50. The third-order valence-corrected chi connectivity index (χ3v) is 12.3. The molecule has 1 aromatic heterocycles. The first-order valence-corrected chi connectivity index (χ1v) is 15.6. The van der Waals surface area contributed by atoms with Crippen molar-refractivity contribution in [1.82, 2.24) is 5.32 Å². The van der Waals surface area contributed by atoms with E-state index in [4.69, 9.17) is 23.4 Å². The van der Waals surface area contributed by atoms with Gasteiger partial charge in [0.1, 0.15) is 23.2 Å². The Morgan fingerprint density at radius 3 is 2.47 bits per heavy atom. The summed E-state index contributed by atoms with van der Waals surface area (Å²) in [6.07, 6.45) is 3.87. The molecule has 1 spiro atoms. The van der Waals surface area contributed by atoms with Crippen molar-refractivity contribution < 1.29 is 38.1 Å². The van der Waals surface area contributed by atoms with E-state index in [-0.39, 0.29) is 36.8 Å². The number of carbonyl (C=O) groups excluding carboxylic acids is 2. The van der Waals surface area contributed by atoms with Crippen LogP contribution in [0, 0.1) is 28.1 Å². The van der Waals surface area contributed by atoms with E-state index in [1.165, 1.54) is 0 Å². The highest BCUT2D eigenvalue weighted by Crippen LogP contribution is 2.79. The lowest BCUT2D eigenvalue weighted by atomic mass is 9.37. The summed E-state index contributed by atoms with van der Waals surface area (Å²) in [4.78, 5) is 27.9. The number of methoxy groups -OCH3 is 1. The zero-order chi connectivity index (χ0) is 30.4. The quantitative estimate of drug-likeness (QED) is 0.261. The second-order valence-electron chi connectivity index (χ2n) is 14.3. The Hall–Kier alpha value is -2.72. The first-order valence-electron chi connectivity index (χ1n) is 15.6. The van der Waals surface area contributed by atoms with Gasteiger partial charge in [-0.05, 0) is 76.3 Å². The maximum Gasteiger partial charge on any atom is 0.339 e. The average Bonchev–Trinajstić information content (AvgIpc) is 3.48. The predicted molar refractivity (Wildman–Crippen MR) is 155 cm³/mol. The topological polar surface area (TPSA) is 120 Å². The van der Waals surface area contributed by atoms with Crippen molar-refractivity contribution in [2.75, 3.05) is 20.3 Å². The number of Topliss-reactive ketones (excluding diaryl/α,β-unsaturated/α-hetero) is 1. The van der Waals surface area contributed by atoms with E-state index in [0.717, 1.165) is 16.9 Å². The Morgan fingerprint density at radius 1 is 1.02 bits per heavy atom. The van der Waals surface area contributed by atoms with Gasteiger partial charge in [0, 0.05) is 35.3 Å². The Kier molecular flexibility index (Phi) is 6.50. The normalized spacial score (nSPS) is 42.3. The van der Waals surface area contributed by atoms with E-state index in [9.17, 15) is 14.7 Å². The third-order valence-electron chi connectivity index (χ3n) is 12.3. The number of hydrogen-bond donors (Lipinski definition) is 2. The molecule has 9 heteroatoms. The van der Waals surface area contributed by atoms with Crippen molar-refractivity contribution in [1.29, 1.82) is 0 Å². The fourth-order valence-electron chi connectivity index (χ4n) is 10.3. The van der Waals surface area contributed by atoms with Crippen molar-refractivity contribution in [2.24, 2.45) is 28.1 Å². The molecule has 5 aliphatic rings. The number of hydrogen-bond acceptors (Lipinski definition) is 9. The maximum absolute atomic E-state index is 14.5. The lowest BCUT2D eigenvalue weighted by Crippen LogP contribution is -2.72. The van der Waals surface area contributed by atoms with Crippen LogP contribution in [0.25, 0.3) is 0 Å². The third kappa shape index (κ3) is 3.65. The van der Waals surface area contributed by atoms with Gasteiger partial charge in [0.25, 0.3) is 0 Å². The Labute approximate surface area is 252 Å². The average molecular weight is 594 g/mol. The van der Waals surface area contributed by atoms with E-state index in [1.54, 1.807) is 19.6 Å². The van der Waals surface area contributed by atoms with Gasteiger partial charge in [0.05, 0.1) is 43.4 Å². The number of ketones is 1. The summed E-state index contributed by atoms with van der Waals surface area (Å²) in [6, 6.07) is 9.81. The van der Waals surface area contributed by atoms with Gasteiger partial charge in [-0.1, -0.05) is 19.1 Å². The maximum atomic E-state index is 14.5. The van der Waals surface area contributed by atoms with E-state index < -0.39 is 45.6 Å². The Balaban J connectivity index is 1.21. The Bertz CT molecular complexity index is 1410. The molecule has 2 aliphatic carbocycles. The molecule has 1 aromatic carbocycles. The van der Waals surface area contributed by atoms with E-state index in [1.807, 2.05) is 37.3 Å². The number of fused-ring (bicyclic) bond motifs is 3. The molecule has 0 radical (unpaired) electrons. The number of cyclic esters (lactones) is 1. The van der Waals surface area contributed by atoms with Crippen LogP contribution in [0.5, 0.6) is 5.75 Å². The summed E-state index contributed by atoms with van der Waals surface area (Å²) < 4.78 is 29.9. The minimum Gasteiger partial charge on any atom is -0.497 e. The molecule has 0 bridgehead atoms. The van der Waals surface area contributed by atoms with Crippen LogP contribution in [0.2, 0.25) is 0 Å². The molecule has 3 aliphatic heterocycles. The molecule has 4 heterocycles. The number of carbonyl (C=O) groups is 2. The molecule has 7 rings (SSSR count). The molecule has 2 saturated carbocycles. The number of nitrogens with one attached hydrogen (secondary N) is 1. The summed E-state index contributed by atoms with van der Waals surface area (Å²) in [5.41, 5.74) is -1.98. The Morgan fingerprint density at radius 2 is 1.79 bits per heavy atom. The SMILES string of the molecule is COc1ccc(CNCCC2OC(C)(C)[C@@H]3CC(=O)[C@]4(C)[C@H](CC[C@@]5(C)[C@H](c6ccoc6)OC(=O)[C@H]6O[C@]654)C23CO)cc1. The van der Waals surface area contributed by atoms with Gasteiger partial charge < -0.3 is 33.8 Å². The zero-order valence-corrected chi connectivity index (χ0v) is 25.7. The molecule has 3 saturated heterocycles. The standard InChI is InChI=1S/C34H43NO8/c1-30(2)24-16-25(37)32(4)23(10-13-31(3)27(21-12-15-40-18-21)41-29(38)28-34(31,32)43-28)33(24,19-36)26(42-30)11-14-35-17-20-6-8-22(39-5)9-7-20/h6-9,12,15,18,23-24,26-28,35-36H,10-11,13-14,16-17,19H2,1-5H3/t23-,24-,26?,27-,28+,31-,32-,33?,34+/m0/s1. The molecule has 5 fully saturated rings. The van der Waals surface area contributed by atoms with Gasteiger partial charge in [-0.15, -0.1) is 0 Å². The summed E-state index contributed by atoms with van der Waals surface area (Å²) in [5.74, 6) is 0.110. The van der Waals surface area contributed by atoms with Crippen molar-refractivity contribution in [3.63, 3.8) is 0 Å². The highest BCUT2D eigenvalue weighted by Gasteiger charge is 2.89. The van der Waals surface area contributed by atoms with Gasteiger partial charge in [0.2, 0.25) is 0 Å². The highest BCUT2D eigenvalue weighted by atomic mass is 16.7. The number of furan rings is 1. The second-order valence-corrected chi connectivity index (χ2v) is 14.3. The van der Waals surface area contributed by atoms with E-state index in [2.05, 4.69) is 26.1 Å². The molecule has 0 amide bonds. The molecule has 2 aromatic rings. The second kappa shape index (κ2) is 9.64. The molecule has 232 valence electrons. The van der Waals surface area contributed by atoms with Gasteiger partial charge in [-0.3, -0.25) is 4.79 Å². The molecule has 2 unspecified atom stereocenters. The molecule has 9 nitrogen and oxygen atoms in total. The lowest BCUT2D eigenvalue weighted by molar-refractivity contribution is -0.217. The monoisotopic (exact) mass is 593 g/mol. The van der Waals surface area contributed by atoms with Crippen molar-refractivity contribution in [3.05, 3.63) is 54.0 Å². The van der Waals surface area contributed by atoms with Gasteiger partial charge in [0.15, 0.2) is 6.10 Å². The zero-order valence-electron chi connectivity index (χ0n) is 25.7. The highest BCUT2D eigenvalue weighted by molar-refractivity contribution is 5.93. The van der Waals surface area contributed by atoms with Crippen LogP contribution in [-0.4, -0.2) is 60.5 Å². The van der Waals surface area contributed by atoms with Crippen LogP contribution in [0.1, 0.15) is 70.6 Å². The largest absolute Gasteiger partial charge is 0.497 e.